The van der Waals surface area contributed by atoms with Gasteiger partial charge in [-0.2, -0.15) is 0 Å². The molecular formula is C37H42N2O7. The van der Waals surface area contributed by atoms with Gasteiger partial charge in [0, 0.05) is 50.3 Å². The molecule has 1 saturated heterocycles. The van der Waals surface area contributed by atoms with Crippen LogP contribution in [0.25, 0.3) is 11.1 Å². The molecule has 0 radical (unpaired) electrons. The second kappa shape index (κ2) is 16.5. The molecule has 0 aliphatic carbocycles. The van der Waals surface area contributed by atoms with Crippen molar-refractivity contribution in [3.05, 3.63) is 125 Å². The van der Waals surface area contributed by atoms with E-state index in [9.17, 15) is 4.79 Å². The molecule has 0 spiro atoms. The van der Waals surface area contributed by atoms with Crippen LogP contribution in [0.2, 0.25) is 0 Å². The lowest BCUT2D eigenvalue weighted by Gasteiger charge is -2.39. The van der Waals surface area contributed by atoms with Crippen LogP contribution in [-0.4, -0.2) is 66.1 Å². The summed E-state index contributed by atoms with van der Waals surface area (Å²) in [4.78, 5) is 20.3. The Kier molecular flexibility index (Phi) is 11.9. The first kappa shape index (κ1) is 33.3. The van der Waals surface area contributed by atoms with Crippen molar-refractivity contribution >= 4 is 5.91 Å². The average Bonchev–Trinajstić information content (AvgIpc) is 3.09. The van der Waals surface area contributed by atoms with Crippen molar-refractivity contribution in [2.24, 2.45) is 0 Å². The number of benzene rings is 4. The fourth-order valence-corrected chi connectivity index (χ4v) is 5.84. The Morgan fingerprint density at radius 2 is 1.70 bits per heavy atom. The first-order valence-corrected chi connectivity index (χ1v) is 15.6. The largest absolute Gasteiger partial charge is 0.493 e. The highest BCUT2D eigenvalue weighted by molar-refractivity contribution is 5.94. The number of rotatable bonds is 14. The minimum Gasteiger partial charge on any atom is -0.493 e. The van der Waals surface area contributed by atoms with Gasteiger partial charge in [-0.25, -0.2) is 4.84 Å². The SMILES string of the molecule is COCCCOc1cc(C)ccc1COC1CN(C(=O)c2cccc(CON(O)O)c2)CC[C@@H]1c1cccc(-c2ccccc2)c1. The van der Waals surface area contributed by atoms with Crippen LogP contribution < -0.4 is 4.74 Å². The molecule has 9 heteroatoms. The summed E-state index contributed by atoms with van der Waals surface area (Å²) in [6, 6.07) is 32.0. The third-order valence-corrected chi connectivity index (χ3v) is 8.21. The maximum atomic E-state index is 13.7. The van der Waals surface area contributed by atoms with E-state index < -0.39 is 0 Å². The molecule has 9 nitrogen and oxygen atoms in total. The highest BCUT2D eigenvalue weighted by Gasteiger charge is 2.34. The van der Waals surface area contributed by atoms with Crippen molar-refractivity contribution in [1.29, 1.82) is 0 Å². The summed E-state index contributed by atoms with van der Waals surface area (Å²) in [5.41, 5.74) is 6.67. The van der Waals surface area contributed by atoms with Crippen LogP contribution in [0.15, 0.2) is 97.1 Å². The molecule has 4 aromatic carbocycles. The average molecular weight is 627 g/mol. The maximum absolute atomic E-state index is 13.7. The van der Waals surface area contributed by atoms with Gasteiger partial charge in [-0.05, 0) is 59.4 Å². The smallest absolute Gasteiger partial charge is 0.253 e. The number of ether oxygens (including phenoxy) is 3. The van der Waals surface area contributed by atoms with Crippen LogP contribution in [-0.2, 0) is 27.5 Å². The number of likely N-dealkylation sites (tertiary alicyclic amines) is 1. The Bertz CT molecular complexity index is 1560. The number of piperidine rings is 1. The van der Waals surface area contributed by atoms with E-state index in [-0.39, 0.29) is 29.9 Å². The molecule has 2 atom stereocenters. The van der Waals surface area contributed by atoms with E-state index in [1.165, 1.54) is 5.56 Å². The van der Waals surface area contributed by atoms with Gasteiger partial charge in [-0.1, -0.05) is 78.9 Å². The summed E-state index contributed by atoms with van der Waals surface area (Å²) in [5.74, 6) is 0.754. The van der Waals surface area contributed by atoms with E-state index in [1.54, 1.807) is 31.4 Å². The zero-order valence-corrected chi connectivity index (χ0v) is 26.4. The number of carbonyl (C=O) groups is 1. The van der Waals surface area contributed by atoms with Crippen LogP contribution in [0.5, 0.6) is 5.75 Å². The Labute approximate surface area is 270 Å². The zero-order chi connectivity index (χ0) is 32.3. The van der Waals surface area contributed by atoms with Gasteiger partial charge in [0.15, 0.2) is 0 Å². The van der Waals surface area contributed by atoms with Gasteiger partial charge in [0.1, 0.15) is 5.75 Å². The fourth-order valence-electron chi connectivity index (χ4n) is 5.84. The highest BCUT2D eigenvalue weighted by Crippen LogP contribution is 2.35. The molecule has 242 valence electrons. The van der Waals surface area contributed by atoms with E-state index in [0.29, 0.717) is 44.0 Å². The maximum Gasteiger partial charge on any atom is 0.253 e. The number of aryl methyl sites for hydroxylation is 1. The third kappa shape index (κ3) is 9.01. The van der Waals surface area contributed by atoms with Gasteiger partial charge in [0.25, 0.3) is 5.91 Å². The summed E-state index contributed by atoms with van der Waals surface area (Å²) < 4.78 is 18.0. The minimum absolute atomic E-state index is 0.0732. The minimum atomic E-state index is -0.335. The summed E-state index contributed by atoms with van der Waals surface area (Å²) in [7, 11) is 1.68. The first-order chi connectivity index (χ1) is 22.4. The molecule has 5 rings (SSSR count). The molecule has 2 N–H and O–H groups in total. The summed E-state index contributed by atoms with van der Waals surface area (Å²) in [6.45, 7) is 4.45. The van der Waals surface area contributed by atoms with Crippen LogP contribution in [0.1, 0.15) is 51.4 Å². The van der Waals surface area contributed by atoms with Gasteiger partial charge in [0.2, 0.25) is 0 Å². The van der Waals surface area contributed by atoms with Gasteiger partial charge in [-0.3, -0.25) is 15.2 Å². The molecule has 0 saturated carbocycles. The molecular weight excluding hydrogens is 584 g/mol. The van der Waals surface area contributed by atoms with Crippen molar-refractivity contribution in [2.45, 2.75) is 45.0 Å². The molecule has 1 fully saturated rings. The number of carbonyl (C=O) groups excluding carboxylic acids is 1. The first-order valence-electron chi connectivity index (χ1n) is 15.6. The van der Waals surface area contributed by atoms with Crippen LogP contribution in [0.4, 0.5) is 0 Å². The molecule has 4 aromatic rings. The van der Waals surface area contributed by atoms with E-state index in [0.717, 1.165) is 40.8 Å². The summed E-state index contributed by atoms with van der Waals surface area (Å²) >= 11 is 0. The van der Waals surface area contributed by atoms with E-state index in [1.807, 2.05) is 42.2 Å². The van der Waals surface area contributed by atoms with Crippen LogP contribution >= 0.6 is 0 Å². The Balaban J connectivity index is 1.38. The van der Waals surface area contributed by atoms with Gasteiger partial charge < -0.3 is 19.1 Å². The lowest BCUT2D eigenvalue weighted by atomic mass is 9.85. The fraction of sp³-hybridized carbons (Fsp3) is 0.324. The van der Waals surface area contributed by atoms with Crippen molar-refractivity contribution in [3.8, 4) is 16.9 Å². The highest BCUT2D eigenvalue weighted by atomic mass is 17.1. The van der Waals surface area contributed by atoms with Crippen molar-refractivity contribution < 1.29 is 34.3 Å². The standard InChI is InChI=1S/C37H42N2O7/c1-27-15-16-33(35(21-27)44-20-8-19-43-2)26-45-36-24-38(37(40)32-14-6-9-28(22-32)25-46-39(41)42)18-17-34(36)31-13-7-12-30(23-31)29-10-4-3-5-11-29/h3-7,9-16,21-23,34,36,41-42H,8,17-20,24-26H2,1-2H3/t34-,36?/m1/s1. The van der Waals surface area contributed by atoms with E-state index in [4.69, 9.17) is 29.5 Å². The molecule has 0 bridgehead atoms. The second-order valence-electron chi connectivity index (χ2n) is 11.5. The van der Waals surface area contributed by atoms with E-state index >= 15 is 0 Å². The van der Waals surface area contributed by atoms with Crippen molar-refractivity contribution in [3.63, 3.8) is 0 Å². The second-order valence-corrected chi connectivity index (χ2v) is 11.5. The number of methoxy groups -OCH3 is 1. The van der Waals surface area contributed by atoms with Crippen LogP contribution in [0, 0.1) is 6.92 Å². The zero-order valence-electron chi connectivity index (χ0n) is 26.4. The molecule has 0 aromatic heterocycles. The Morgan fingerprint density at radius 1 is 0.891 bits per heavy atom. The van der Waals surface area contributed by atoms with Crippen molar-refractivity contribution in [2.75, 3.05) is 33.4 Å². The Morgan fingerprint density at radius 3 is 2.50 bits per heavy atom. The summed E-state index contributed by atoms with van der Waals surface area (Å²) in [5, 5.41) is 17.5. The lowest BCUT2D eigenvalue weighted by molar-refractivity contribution is -0.497. The predicted molar refractivity (Wildman–Crippen MR) is 174 cm³/mol. The Hall–Kier alpha value is -4.09. The molecule has 1 heterocycles. The molecule has 1 unspecified atom stereocenters. The monoisotopic (exact) mass is 626 g/mol. The molecule has 1 aliphatic rings. The number of amides is 1. The van der Waals surface area contributed by atoms with Crippen molar-refractivity contribution in [1.82, 2.24) is 10.3 Å². The van der Waals surface area contributed by atoms with Gasteiger partial charge in [0.05, 0.1) is 31.3 Å². The molecule has 1 aliphatic heterocycles. The lowest BCUT2D eigenvalue weighted by Crippen LogP contribution is -2.46. The number of hydrogen-bond donors (Lipinski definition) is 2. The van der Waals surface area contributed by atoms with Gasteiger partial charge in [-0.15, -0.1) is 0 Å². The van der Waals surface area contributed by atoms with Crippen LogP contribution in [0.3, 0.4) is 0 Å². The third-order valence-electron chi connectivity index (χ3n) is 8.21. The van der Waals surface area contributed by atoms with E-state index in [2.05, 4.69) is 42.5 Å². The number of hydrogen-bond acceptors (Lipinski definition) is 8. The summed E-state index contributed by atoms with van der Waals surface area (Å²) in [6.07, 6.45) is 1.25. The predicted octanol–water partition coefficient (Wildman–Crippen LogP) is 6.80. The molecule has 46 heavy (non-hydrogen) atoms. The molecule has 1 amide bonds. The number of nitrogens with zero attached hydrogens (tertiary/aromatic N) is 2. The quantitative estimate of drug-likeness (QED) is 0.116. The normalized spacial score (nSPS) is 16.5. The van der Waals surface area contributed by atoms with Gasteiger partial charge >= 0.3 is 0 Å². The topological polar surface area (TPSA) is 101 Å².